The number of para-hydroxylation sites is 2. The van der Waals surface area contributed by atoms with E-state index in [0.29, 0.717) is 0 Å². The zero-order chi connectivity index (χ0) is 14.4. The van der Waals surface area contributed by atoms with Gasteiger partial charge in [0.15, 0.2) is 5.82 Å². The summed E-state index contributed by atoms with van der Waals surface area (Å²) in [6, 6.07) is 16.0. The van der Waals surface area contributed by atoms with Crippen molar-refractivity contribution >= 4 is 22.5 Å². The van der Waals surface area contributed by atoms with Gasteiger partial charge in [-0.15, -0.1) is 10.2 Å². The molecule has 0 spiro atoms. The second-order valence-electron chi connectivity index (χ2n) is 5.02. The van der Waals surface area contributed by atoms with Crippen molar-refractivity contribution in [2.24, 2.45) is 0 Å². The van der Waals surface area contributed by atoms with Crippen LogP contribution in [-0.2, 0) is 6.54 Å². The van der Waals surface area contributed by atoms with Crippen LogP contribution in [0.15, 0.2) is 48.5 Å². The van der Waals surface area contributed by atoms with Crippen LogP contribution in [0, 0.1) is 0 Å². The average molecular weight is 277 g/mol. The van der Waals surface area contributed by atoms with Crippen LogP contribution < -0.4 is 5.73 Å². The van der Waals surface area contributed by atoms with E-state index in [-0.39, 0.29) is 0 Å². The minimum atomic E-state index is 0.725. The Morgan fingerprint density at radius 3 is 2.57 bits per heavy atom. The molecule has 104 valence electrons. The van der Waals surface area contributed by atoms with Crippen molar-refractivity contribution in [1.82, 2.24) is 19.2 Å². The highest BCUT2D eigenvalue weighted by molar-refractivity contribution is 5.83. The zero-order valence-electron chi connectivity index (χ0n) is 11.7. The molecule has 5 heteroatoms. The lowest BCUT2D eigenvalue weighted by Gasteiger charge is -2.00. The van der Waals surface area contributed by atoms with Crippen molar-refractivity contribution in [2.75, 3.05) is 5.73 Å². The third-order valence-corrected chi connectivity index (χ3v) is 3.76. The van der Waals surface area contributed by atoms with Gasteiger partial charge in [0.2, 0.25) is 5.78 Å². The fourth-order valence-electron chi connectivity index (χ4n) is 2.84. The molecule has 0 amide bonds. The van der Waals surface area contributed by atoms with Gasteiger partial charge in [-0.1, -0.05) is 24.3 Å². The first-order valence-electron chi connectivity index (χ1n) is 6.98. The van der Waals surface area contributed by atoms with Gasteiger partial charge in [-0.3, -0.25) is 4.40 Å². The molecule has 2 aromatic heterocycles. The second kappa shape index (κ2) is 4.34. The number of nitrogens with zero attached hydrogens (tertiary/aromatic N) is 4. The number of benzene rings is 2. The second-order valence-corrected chi connectivity index (χ2v) is 5.02. The van der Waals surface area contributed by atoms with E-state index < -0.39 is 0 Å². The van der Waals surface area contributed by atoms with Gasteiger partial charge in [-0.2, -0.15) is 0 Å². The maximum Gasteiger partial charge on any atom is 0.236 e. The van der Waals surface area contributed by atoms with Gasteiger partial charge in [0.25, 0.3) is 0 Å². The fraction of sp³-hybridized carbons (Fsp3) is 0.125. The van der Waals surface area contributed by atoms with Crippen molar-refractivity contribution in [1.29, 1.82) is 0 Å². The van der Waals surface area contributed by atoms with Crippen molar-refractivity contribution in [3.63, 3.8) is 0 Å². The molecule has 2 aromatic carbocycles. The highest BCUT2D eigenvalue weighted by atomic mass is 15.3. The Labute approximate surface area is 121 Å². The predicted molar refractivity (Wildman–Crippen MR) is 84.0 cm³/mol. The van der Waals surface area contributed by atoms with Crippen molar-refractivity contribution < 1.29 is 0 Å². The molecule has 21 heavy (non-hydrogen) atoms. The van der Waals surface area contributed by atoms with Crippen LogP contribution in [0.4, 0.5) is 5.69 Å². The SMILES string of the molecule is CCn1c2ccccc2n2c(-c3cccc(N)c3)nnc12. The normalized spacial score (nSPS) is 11.5. The lowest BCUT2D eigenvalue weighted by Crippen LogP contribution is -1.94. The number of nitrogens with two attached hydrogens (primary N) is 1. The molecule has 0 aliphatic heterocycles. The summed E-state index contributed by atoms with van der Waals surface area (Å²) >= 11 is 0. The number of nitrogen functional groups attached to an aromatic ring is 1. The topological polar surface area (TPSA) is 61.1 Å². The van der Waals surface area contributed by atoms with E-state index in [2.05, 4.69) is 38.2 Å². The van der Waals surface area contributed by atoms with Crippen LogP contribution >= 0.6 is 0 Å². The van der Waals surface area contributed by atoms with E-state index in [4.69, 9.17) is 5.73 Å². The summed E-state index contributed by atoms with van der Waals surface area (Å²) in [6.45, 7) is 2.97. The first-order chi connectivity index (χ1) is 10.3. The largest absolute Gasteiger partial charge is 0.399 e. The predicted octanol–water partition coefficient (Wildman–Crippen LogP) is 2.95. The van der Waals surface area contributed by atoms with E-state index >= 15 is 0 Å². The third kappa shape index (κ3) is 1.64. The number of rotatable bonds is 2. The summed E-state index contributed by atoms with van der Waals surface area (Å²) in [5, 5.41) is 8.73. The summed E-state index contributed by atoms with van der Waals surface area (Å²) in [5.74, 6) is 1.68. The van der Waals surface area contributed by atoms with Gasteiger partial charge >= 0.3 is 0 Å². The first-order valence-corrected chi connectivity index (χ1v) is 6.98. The number of hydrogen-bond acceptors (Lipinski definition) is 3. The Kier molecular flexibility index (Phi) is 2.47. The lowest BCUT2D eigenvalue weighted by molar-refractivity contribution is 0.803. The quantitative estimate of drug-likeness (QED) is 0.573. The Bertz CT molecular complexity index is 948. The monoisotopic (exact) mass is 277 g/mol. The molecule has 0 fully saturated rings. The summed E-state index contributed by atoms with van der Waals surface area (Å²) in [7, 11) is 0. The van der Waals surface area contributed by atoms with E-state index in [0.717, 1.165) is 40.4 Å². The smallest absolute Gasteiger partial charge is 0.236 e. The maximum atomic E-state index is 5.89. The number of anilines is 1. The molecule has 4 aromatic rings. The van der Waals surface area contributed by atoms with E-state index in [1.807, 2.05) is 36.4 Å². The van der Waals surface area contributed by atoms with E-state index in [9.17, 15) is 0 Å². The highest BCUT2D eigenvalue weighted by Gasteiger charge is 2.16. The minimum Gasteiger partial charge on any atom is -0.399 e. The van der Waals surface area contributed by atoms with Crippen LogP contribution in [0.3, 0.4) is 0 Å². The number of aromatic nitrogens is 4. The molecule has 0 atom stereocenters. The standard InChI is InChI=1S/C16H15N5/c1-2-20-13-8-3-4-9-14(13)21-15(18-19-16(20)21)11-6-5-7-12(17)10-11/h3-10H,2,17H2,1H3. The highest BCUT2D eigenvalue weighted by Crippen LogP contribution is 2.26. The van der Waals surface area contributed by atoms with Gasteiger partial charge in [-0.25, -0.2) is 0 Å². The van der Waals surface area contributed by atoms with Gasteiger partial charge in [-0.05, 0) is 31.2 Å². The van der Waals surface area contributed by atoms with Gasteiger partial charge < -0.3 is 10.3 Å². The molecule has 5 nitrogen and oxygen atoms in total. The van der Waals surface area contributed by atoms with Crippen molar-refractivity contribution in [3.8, 4) is 11.4 Å². The molecule has 0 saturated carbocycles. The van der Waals surface area contributed by atoms with Crippen LogP contribution in [0.25, 0.3) is 28.2 Å². The summed E-state index contributed by atoms with van der Waals surface area (Å²) in [5.41, 5.74) is 9.86. The molecule has 0 bridgehead atoms. The molecule has 0 saturated heterocycles. The van der Waals surface area contributed by atoms with Gasteiger partial charge in [0, 0.05) is 17.8 Å². The number of aryl methyl sites for hydroxylation is 1. The van der Waals surface area contributed by atoms with Crippen LogP contribution in [-0.4, -0.2) is 19.2 Å². The van der Waals surface area contributed by atoms with Crippen LogP contribution in [0.2, 0.25) is 0 Å². The van der Waals surface area contributed by atoms with Crippen molar-refractivity contribution in [2.45, 2.75) is 13.5 Å². The maximum absolute atomic E-state index is 5.89. The van der Waals surface area contributed by atoms with Crippen LogP contribution in [0.1, 0.15) is 6.92 Å². The summed E-state index contributed by atoms with van der Waals surface area (Å²) in [6.07, 6.45) is 0. The number of fused-ring (bicyclic) bond motifs is 3. The number of hydrogen-bond donors (Lipinski definition) is 1. The molecule has 0 aliphatic rings. The number of imidazole rings is 1. The Morgan fingerprint density at radius 2 is 1.81 bits per heavy atom. The zero-order valence-corrected chi connectivity index (χ0v) is 11.7. The minimum absolute atomic E-state index is 0.725. The van der Waals surface area contributed by atoms with E-state index in [1.165, 1.54) is 0 Å². The molecule has 0 unspecified atom stereocenters. The Hall–Kier alpha value is -2.82. The lowest BCUT2D eigenvalue weighted by atomic mass is 10.2. The summed E-state index contributed by atoms with van der Waals surface area (Å²) in [4.78, 5) is 0. The fourth-order valence-corrected chi connectivity index (χ4v) is 2.84. The Morgan fingerprint density at radius 1 is 1.00 bits per heavy atom. The molecule has 4 rings (SSSR count). The van der Waals surface area contributed by atoms with Crippen molar-refractivity contribution in [3.05, 3.63) is 48.5 Å². The molecular weight excluding hydrogens is 262 g/mol. The third-order valence-electron chi connectivity index (χ3n) is 3.76. The van der Waals surface area contributed by atoms with Gasteiger partial charge in [0.05, 0.1) is 11.0 Å². The average Bonchev–Trinajstić information content (AvgIpc) is 3.05. The Balaban J connectivity index is 2.12. The molecule has 2 heterocycles. The van der Waals surface area contributed by atoms with Crippen LogP contribution in [0.5, 0.6) is 0 Å². The van der Waals surface area contributed by atoms with E-state index in [1.54, 1.807) is 0 Å². The first kappa shape index (κ1) is 12.0. The molecule has 0 radical (unpaired) electrons. The molecular formula is C16H15N5. The summed E-state index contributed by atoms with van der Waals surface area (Å²) < 4.78 is 4.26. The molecule has 0 aliphatic carbocycles. The molecule has 2 N–H and O–H groups in total. The van der Waals surface area contributed by atoms with Gasteiger partial charge in [0.1, 0.15) is 0 Å².